The molecule has 0 atom stereocenters. The number of rotatable bonds is 1. The zero-order valence-electron chi connectivity index (χ0n) is 5.14. The van der Waals surface area contributed by atoms with Crippen LogP contribution in [0.3, 0.4) is 0 Å². The summed E-state index contributed by atoms with van der Waals surface area (Å²) < 4.78 is 0.636. The summed E-state index contributed by atoms with van der Waals surface area (Å²) in [5.41, 5.74) is 0.569. The van der Waals surface area contributed by atoms with Crippen LogP contribution in [-0.2, 0) is 0 Å². The van der Waals surface area contributed by atoms with Crippen LogP contribution in [0.15, 0.2) is 29.7 Å². The van der Waals surface area contributed by atoms with Crippen LogP contribution in [0.1, 0.15) is 5.56 Å². The molecule has 4 heteroatoms. The van der Waals surface area contributed by atoms with Gasteiger partial charge in [0.2, 0.25) is 0 Å². The molecule has 0 radical (unpaired) electrons. The van der Waals surface area contributed by atoms with Crippen molar-refractivity contribution in [3.8, 4) is 0 Å². The third-order valence-electron chi connectivity index (χ3n) is 1.00. The zero-order chi connectivity index (χ0) is 7.40. The number of pyridine rings is 1. The van der Waals surface area contributed by atoms with Crippen LogP contribution < -0.4 is 4.73 Å². The molecule has 0 bridgehead atoms. The van der Waals surface area contributed by atoms with Crippen molar-refractivity contribution >= 4 is 6.21 Å². The Labute approximate surface area is 57.6 Å². The van der Waals surface area contributed by atoms with Crippen LogP contribution in [0.4, 0.5) is 0 Å². The molecule has 0 aromatic carbocycles. The van der Waals surface area contributed by atoms with Gasteiger partial charge in [-0.1, -0.05) is 5.16 Å². The lowest BCUT2D eigenvalue weighted by molar-refractivity contribution is -0.605. The van der Waals surface area contributed by atoms with Gasteiger partial charge in [0.1, 0.15) is 0 Å². The van der Waals surface area contributed by atoms with Crippen molar-refractivity contribution in [2.24, 2.45) is 5.16 Å². The van der Waals surface area contributed by atoms with Gasteiger partial charge in [0, 0.05) is 6.07 Å². The highest BCUT2D eigenvalue weighted by molar-refractivity contribution is 5.77. The first-order valence-corrected chi connectivity index (χ1v) is 2.69. The number of oxime groups is 1. The van der Waals surface area contributed by atoms with Crippen molar-refractivity contribution in [2.45, 2.75) is 0 Å². The second-order valence-electron chi connectivity index (χ2n) is 1.74. The molecule has 0 saturated carbocycles. The van der Waals surface area contributed by atoms with Gasteiger partial charge in [-0.25, -0.2) is 0 Å². The van der Waals surface area contributed by atoms with Gasteiger partial charge in [-0.05, 0) is 6.07 Å². The van der Waals surface area contributed by atoms with Gasteiger partial charge in [0.15, 0.2) is 12.4 Å². The fraction of sp³-hybridized carbons (Fsp3) is 0. The van der Waals surface area contributed by atoms with E-state index in [1.54, 1.807) is 12.1 Å². The molecular formula is C6H6N2O2. The van der Waals surface area contributed by atoms with Crippen LogP contribution in [0.5, 0.6) is 0 Å². The maximum absolute atomic E-state index is 10.5. The van der Waals surface area contributed by atoms with Crippen molar-refractivity contribution in [2.75, 3.05) is 0 Å². The second-order valence-corrected chi connectivity index (χ2v) is 1.74. The van der Waals surface area contributed by atoms with E-state index in [1.807, 2.05) is 0 Å². The molecule has 4 nitrogen and oxygen atoms in total. The maximum atomic E-state index is 10.5. The maximum Gasteiger partial charge on any atom is 0.189 e. The summed E-state index contributed by atoms with van der Waals surface area (Å²) in [5.74, 6) is 0. The van der Waals surface area contributed by atoms with E-state index >= 15 is 0 Å². The van der Waals surface area contributed by atoms with Crippen molar-refractivity contribution < 1.29 is 9.94 Å². The highest BCUT2D eigenvalue weighted by Gasteiger charge is 1.90. The van der Waals surface area contributed by atoms with Crippen molar-refractivity contribution in [3.05, 3.63) is 35.3 Å². The van der Waals surface area contributed by atoms with Crippen LogP contribution >= 0.6 is 0 Å². The molecular weight excluding hydrogens is 132 g/mol. The standard InChI is InChI=1S/C6H6N2O2/c9-7-4-6-2-1-3-8(10)5-6/h1-5,9H. The number of aromatic nitrogens is 1. The van der Waals surface area contributed by atoms with Crippen molar-refractivity contribution in [3.63, 3.8) is 0 Å². The lowest BCUT2D eigenvalue weighted by atomic mass is 10.3. The minimum atomic E-state index is 0.569. The van der Waals surface area contributed by atoms with Crippen LogP contribution in [0, 0.1) is 5.21 Å². The minimum absolute atomic E-state index is 0.569. The van der Waals surface area contributed by atoms with Crippen LogP contribution in [-0.4, -0.2) is 11.4 Å². The molecule has 1 aromatic rings. The fourth-order valence-corrected chi connectivity index (χ4v) is 0.615. The van der Waals surface area contributed by atoms with Crippen LogP contribution in [0.25, 0.3) is 0 Å². The first kappa shape index (κ1) is 6.54. The van der Waals surface area contributed by atoms with E-state index in [0.717, 1.165) is 0 Å². The number of nitrogens with zero attached hydrogens (tertiary/aromatic N) is 2. The summed E-state index contributed by atoms with van der Waals surface area (Å²) in [6, 6.07) is 3.23. The van der Waals surface area contributed by atoms with E-state index in [9.17, 15) is 5.21 Å². The van der Waals surface area contributed by atoms with E-state index in [1.165, 1.54) is 18.6 Å². The molecule has 1 rings (SSSR count). The molecule has 10 heavy (non-hydrogen) atoms. The Morgan fingerprint density at radius 3 is 3.10 bits per heavy atom. The lowest BCUT2D eigenvalue weighted by Gasteiger charge is -1.93. The van der Waals surface area contributed by atoms with Gasteiger partial charge >= 0.3 is 0 Å². The zero-order valence-corrected chi connectivity index (χ0v) is 5.14. The molecule has 1 aromatic heterocycles. The summed E-state index contributed by atoms with van der Waals surface area (Å²) >= 11 is 0. The molecule has 0 spiro atoms. The SMILES string of the molecule is [O-][n+]1cccc(C=NO)c1. The monoisotopic (exact) mass is 138 g/mol. The Bertz CT molecular complexity index is 247. The molecule has 1 N–H and O–H groups in total. The second kappa shape index (κ2) is 2.82. The number of hydrogen-bond donors (Lipinski definition) is 1. The molecule has 0 saturated heterocycles. The smallest absolute Gasteiger partial charge is 0.189 e. The van der Waals surface area contributed by atoms with Gasteiger partial charge in [-0.2, -0.15) is 4.73 Å². The Morgan fingerprint density at radius 2 is 2.50 bits per heavy atom. The summed E-state index contributed by atoms with van der Waals surface area (Å²) in [7, 11) is 0. The molecule has 1 heterocycles. The van der Waals surface area contributed by atoms with Crippen molar-refractivity contribution in [1.82, 2.24) is 0 Å². The molecule has 0 aliphatic heterocycles. The van der Waals surface area contributed by atoms with E-state index in [0.29, 0.717) is 10.3 Å². The minimum Gasteiger partial charge on any atom is -0.619 e. The predicted molar refractivity (Wildman–Crippen MR) is 34.8 cm³/mol. The normalized spacial score (nSPS) is 10.4. The van der Waals surface area contributed by atoms with Gasteiger partial charge in [0.05, 0.1) is 11.8 Å². The van der Waals surface area contributed by atoms with Gasteiger partial charge in [-0.3, -0.25) is 0 Å². The lowest BCUT2D eigenvalue weighted by Crippen LogP contribution is -2.24. The summed E-state index contributed by atoms with van der Waals surface area (Å²) in [4.78, 5) is 0. The highest BCUT2D eigenvalue weighted by Crippen LogP contribution is 1.87. The average molecular weight is 138 g/mol. The predicted octanol–water partition coefficient (Wildman–Crippen LogP) is 0.128. The third-order valence-corrected chi connectivity index (χ3v) is 1.00. The Balaban J connectivity index is 2.95. The Morgan fingerprint density at radius 1 is 1.70 bits per heavy atom. The van der Waals surface area contributed by atoms with Crippen LogP contribution in [0.2, 0.25) is 0 Å². The Hall–Kier alpha value is -1.58. The molecule has 0 aliphatic rings. The third kappa shape index (κ3) is 1.45. The molecule has 0 aliphatic carbocycles. The molecule has 0 amide bonds. The summed E-state index contributed by atoms with van der Waals surface area (Å²) in [5, 5.41) is 21.4. The Kier molecular flexibility index (Phi) is 1.84. The van der Waals surface area contributed by atoms with Gasteiger partial charge in [-0.15, -0.1) is 0 Å². The number of hydrogen-bond acceptors (Lipinski definition) is 3. The van der Waals surface area contributed by atoms with E-state index in [-0.39, 0.29) is 0 Å². The summed E-state index contributed by atoms with van der Waals surface area (Å²) in [6.07, 6.45) is 3.85. The van der Waals surface area contributed by atoms with E-state index < -0.39 is 0 Å². The van der Waals surface area contributed by atoms with E-state index in [4.69, 9.17) is 5.21 Å². The quantitative estimate of drug-likeness (QED) is 0.197. The van der Waals surface area contributed by atoms with Crippen molar-refractivity contribution in [1.29, 1.82) is 0 Å². The van der Waals surface area contributed by atoms with E-state index in [2.05, 4.69) is 5.16 Å². The summed E-state index contributed by atoms with van der Waals surface area (Å²) in [6.45, 7) is 0. The largest absolute Gasteiger partial charge is 0.619 e. The fourth-order valence-electron chi connectivity index (χ4n) is 0.615. The van der Waals surface area contributed by atoms with Gasteiger partial charge < -0.3 is 10.4 Å². The average Bonchev–Trinajstić information content (AvgIpc) is 1.88. The first-order chi connectivity index (χ1) is 4.83. The molecule has 52 valence electrons. The van der Waals surface area contributed by atoms with Gasteiger partial charge in [0.25, 0.3) is 0 Å². The molecule has 0 fully saturated rings. The topological polar surface area (TPSA) is 59.5 Å². The highest BCUT2D eigenvalue weighted by atomic mass is 16.5. The first-order valence-electron chi connectivity index (χ1n) is 2.69. The molecule has 0 unspecified atom stereocenters.